The summed E-state index contributed by atoms with van der Waals surface area (Å²) in [4.78, 5) is 25.7. The molecule has 0 radical (unpaired) electrons. The topological polar surface area (TPSA) is 88.0 Å². The van der Waals surface area contributed by atoms with E-state index in [-0.39, 0.29) is 18.2 Å². The van der Waals surface area contributed by atoms with Gasteiger partial charge < -0.3 is 15.4 Å². The molecule has 0 saturated heterocycles. The number of methoxy groups -OCH3 is 1. The summed E-state index contributed by atoms with van der Waals surface area (Å²) in [6.07, 6.45) is 8.01. The van der Waals surface area contributed by atoms with Crippen LogP contribution in [0.5, 0.6) is 5.75 Å². The van der Waals surface area contributed by atoms with Gasteiger partial charge in [0, 0.05) is 11.9 Å². The number of carbonyl (C=O) groups is 1. The van der Waals surface area contributed by atoms with Crippen molar-refractivity contribution in [3.05, 3.63) is 65.2 Å². The number of thiazole rings is 1. The third-order valence-electron chi connectivity index (χ3n) is 4.51. The Kier molecular flexibility index (Phi) is 6.10. The first-order valence-electron chi connectivity index (χ1n) is 9.28. The molecule has 2 N–H and O–H groups in total. The number of hydrogen-bond donors (Lipinski definition) is 2. The fourth-order valence-electron chi connectivity index (χ4n) is 3.00. The van der Waals surface area contributed by atoms with Gasteiger partial charge in [-0.05, 0) is 36.0 Å². The number of hydrogen-bond acceptors (Lipinski definition) is 6. The average molecular weight is 438 g/mol. The van der Waals surface area contributed by atoms with E-state index in [1.807, 2.05) is 53.9 Å². The third-order valence-corrected chi connectivity index (χ3v) is 5.48. The quantitative estimate of drug-likeness (QED) is 0.678. The first-order valence-corrected chi connectivity index (χ1v) is 10.6. The summed E-state index contributed by atoms with van der Waals surface area (Å²) < 4.78 is 5.14. The van der Waals surface area contributed by atoms with Gasteiger partial charge in [-0.1, -0.05) is 30.4 Å². The smallest absolute Gasteiger partial charge is 0.226 e. The molecule has 1 aromatic heterocycles. The van der Waals surface area contributed by atoms with Crippen molar-refractivity contribution < 1.29 is 9.53 Å². The van der Waals surface area contributed by atoms with E-state index in [0.29, 0.717) is 28.3 Å². The van der Waals surface area contributed by atoms with Crippen molar-refractivity contribution in [1.29, 1.82) is 0 Å². The minimum atomic E-state index is -0.0953. The second kappa shape index (κ2) is 9.10. The van der Waals surface area contributed by atoms with Crippen LogP contribution in [-0.4, -0.2) is 34.7 Å². The Hall–Kier alpha value is -3.17. The summed E-state index contributed by atoms with van der Waals surface area (Å²) in [5.41, 5.74) is 2.54. The zero-order chi connectivity index (χ0) is 20.9. The minimum Gasteiger partial charge on any atom is -0.497 e. The van der Waals surface area contributed by atoms with Crippen molar-refractivity contribution in [3.63, 3.8) is 0 Å². The molecule has 0 bridgehead atoms. The standard InChI is InChI=1S/C21H19N5O2S2/c1-28-15-8-6-13(7-9-15)11-22-18(27)10-14-12-30-21(23-14)26-19-16-4-2-3-5-17(16)24-20(29)25-19/h2-9,12,16H,10-11H2,1H3,(H,22,27)(H,23,25,26,29). The first-order chi connectivity index (χ1) is 14.6. The number of allylic oxidation sites excluding steroid dienone is 3. The molecular weight excluding hydrogens is 418 g/mol. The molecule has 9 heteroatoms. The van der Waals surface area contributed by atoms with Crippen LogP contribution in [0.1, 0.15) is 11.3 Å². The Balaban J connectivity index is 1.37. The molecule has 152 valence electrons. The first kappa shape index (κ1) is 20.1. The van der Waals surface area contributed by atoms with Crippen molar-refractivity contribution in [2.75, 3.05) is 7.11 Å². The summed E-state index contributed by atoms with van der Waals surface area (Å²) in [6, 6.07) is 7.58. The lowest BCUT2D eigenvalue weighted by atomic mass is 9.96. The summed E-state index contributed by atoms with van der Waals surface area (Å²) in [5, 5.41) is 8.76. The van der Waals surface area contributed by atoms with Gasteiger partial charge in [0.15, 0.2) is 5.11 Å². The molecular formula is C21H19N5O2S2. The highest BCUT2D eigenvalue weighted by Gasteiger charge is 2.25. The number of amidine groups is 1. The van der Waals surface area contributed by atoms with E-state index >= 15 is 0 Å². The Morgan fingerprint density at radius 1 is 1.33 bits per heavy atom. The van der Waals surface area contributed by atoms with Crippen LogP contribution in [0, 0.1) is 5.92 Å². The molecule has 1 aliphatic heterocycles. The average Bonchev–Trinajstić information content (AvgIpc) is 3.19. The van der Waals surface area contributed by atoms with Crippen molar-refractivity contribution in [2.24, 2.45) is 15.9 Å². The molecule has 1 aromatic carbocycles. The number of aliphatic imine (C=N–C) groups is 2. The molecule has 0 spiro atoms. The van der Waals surface area contributed by atoms with E-state index in [9.17, 15) is 4.79 Å². The molecule has 4 rings (SSSR count). The highest BCUT2D eigenvalue weighted by Crippen LogP contribution is 2.23. The van der Waals surface area contributed by atoms with Crippen molar-refractivity contribution in [3.8, 4) is 5.75 Å². The highest BCUT2D eigenvalue weighted by molar-refractivity contribution is 7.80. The van der Waals surface area contributed by atoms with Gasteiger partial charge in [0.2, 0.25) is 11.0 Å². The van der Waals surface area contributed by atoms with Crippen LogP contribution < -0.4 is 15.4 Å². The molecule has 1 atom stereocenters. The number of nitrogens with zero attached hydrogens (tertiary/aromatic N) is 3. The molecule has 2 aromatic rings. The predicted molar refractivity (Wildman–Crippen MR) is 123 cm³/mol. The molecule has 1 amide bonds. The number of fused-ring (bicyclic) bond motifs is 1. The van der Waals surface area contributed by atoms with Crippen LogP contribution in [-0.2, 0) is 17.8 Å². The molecule has 30 heavy (non-hydrogen) atoms. The number of benzene rings is 1. The Bertz CT molecular complexity index is 1080. The molecule has 0 saturated carbocycles. The van der Waals surface area contributed by atoms with Crippen molar-refractivity contribution in [1.82, 2.24) is 15.6 Å². The number of rotatable bonds is 6. The molecule has 2 aliphatic rings. The lowest BCUT2D eigenvalue weighted by molar-refractivity contribution is -0.120. The van der Waals surface area contributed by atoms with Crippen LogP contribution in [0.2, 0.25) is 0 Å². The van der Waals surface area contributed by atoms with Crippen LogP contribution >= 0.6 is 23.6 Å². The predicted octanol–water partition coefficient (Wildman–Crippen LogP) is 3.11. The Morgan fingerprint density at radius 2 is 2.17 bits per heavy atom. The zero-order valence-corrected chi connectivity index (χ0v) is 17.8. The number of carbonyl (C=O) groups excluding carboxylic acids is 1. The minimum absolute atomic E-state index is 0.0677. The Labute approximate surface area is 183 Å². The number of nitrogens with one attached hydrogen (secondary N) is 2. The van der Waals surface area contributed by atoms with Gasteiger partial charge in [-0.3, -0.25) is 4.79 Å². The lowest BCUT2D eigenvalue weighted by Crippen LogP contribution is -2.42. The lowest BCUT2D eigenvalue weighted by Gasteiger charge is -2.23. The van der Waals surface area contributed by atoms with Gasteiger partial charge in [0.1, 0.15) is 11.6 Å². The monoisotopic (exact) mass is 437 g/mol. The van der Waals surface area contributed by atoms with E-state index in [1.54, 1.807) is 7.11 Å². The largest absolute Gasteiger partial charge is 0.497 e. The van der Waals surface area contributed by atoms with Gasteiger partial charge in [0.25, 0.3) is 0 Å². The van der Waals surface area contributed by atoms with Crippen LogP contribution in [0.15, 0.2) is 63.9 Å². The van der Waals surface area contributed by atoms with Crippen LogP contribution in [0.25, 0.3) is 0 Å². The van der Waals surface area contributed by atoms with Gasteiger partial charge in [-0.15, -0.1) is 11.3 Å². The van der Waals surface area contributed by atoms with Gasteiger partial charge in [-0.2, -0.15) is 0 Å². The summed E-state index contributed by atoms with van der Waals surface area (Å²) in [6.45, 7) is 0.452. The SMILES string of the molecule is COc1ccc(CNC(=O)Cc2csc(/N=C3\NC(=S)N=C4C=CC=CC43)n2)cc1. The fourth-order valence-corrected chi connectivity index (χ4v) is 3.91. The summed E-state index contributed by atoms with van der Waals surface area (Å²) in [7, 11) is 1.62. The zero-order valence-electron chi connectivity index (χ0n) is 16.2. The maximum absolute atomic E-state index is 12.3. The number of thiocarbonyl (C=S) groups is 1. The number of aromatic nitrogens is 1. The summed E-state index contributed by atoms with van der Waals surface area (Å²) >= 11 is 6.59. The van der Waals surface area contributed by atoms with E-state index in [4.69, 9.17) is 17.0 Å². The number of amides is 1. The van der Waals surface area contributed by atoms with Crippen molar-refractivity contribution >= 4 is 51.3 Å². The number of ether oxygens (including phenoxy) is 1. The molecule has 1 aliphatic carbocycles. The molecule has 1 unspecified atom stereocenters. The van der Waals surface area contributed by atoms with E-state index < -0.39 is 0 Å². The highest BCUT2D eigenvalue weighted by atomic mass is 32.1. The van der Waals surface area contributed by atoms with Crippen LogP contribution in [0.4, 0.5) is 5.13 Å². The third kappa shape index (κ3) is 4.87. The molecule has 0 fully saturated rings. The maximum atomic E-state index is 12.3. The summed E-state index contributed by atoms with van der Waals surface area (Å²) in [5.74, 6) is 1.31. The van der Waals surface area contributed by atoms with E-state index in [1.165, 1.54) is 11.3 Å². The van der Waals surface area contributed by atoms with Gasteiger partial charge in [-0.25, -0.2) is 15.0 Å². The second-order valence-corrected chi connectivity index (χ2v) is 7.83. The molecule has 7 nitrogen and oxygen atoms in total. The van der Waals surface area contributed by atoms with Crippen molar-refractivity contribution in [2.45, 2.75) is 13.0 Å². The van der Waals surface area contributed by atoms with Crippen LogP contribution in [0.3, 0.4) is 0 Å². The van der Waals surface area contributed by atoms with Gasteiger partial charge >= 0.3 is 0 Å². The van der Waals surface area contributed by atoms with Gasteiger partial charge in [0.05, 0.1) is 30.9 Å². The fraction of sp³-hybridized carbons (Fsp3) is 0.190. The normalized spacial score (nSPS) is 18.6. The van der Waals surface area contributed by atoms with E-state index in [0.717, 1.165) is 17.0 Å². The maximum Gasteiger partial charge on any atom is 0.226 e. The molecule has 2 heterocycles. The Morgan fingerprint density at radius 3 is 2.97 bits per heavy atom. The van der Waals surface area contributed by atoms with E-state index in [2.05, 4.69) is 25.6 Å². The second-order valence-electron chi connectivity index (χ2n) is 6.61.